The summed E-state index contributed by atoms with van der Waals surface area (Å²) in [5.74, 6) is -0.250. The summed E-state index contributed by atoms with van der Waals surface area (Å²) >= 11 is 0. The zero-order chi connectivity index (χ0) is 12.9. The van der Waals surface area contributed by atoms with E-state index in [4.69, 9.17) is 0 Å². The van der Waals surface area contributed by atoms with Crippen LogP contribution in [0.2, 0.25) is 0 Å². The molecule has 94 valence electrons. The van der Waals surface area contributed by atoms with E-state index in [-0.39, 0.29) is 5.91 Å². The van der Waals surface area contributed by atoms with Crippen LogP contribution in [0.3, 0.4) is 0 Å². The van der Waals surface area contributed by atoms with E-state index in [2.05, 4.69) is 22.0 Å². The maximum atomic E-state index is 12.1. The second kappa shape index (κ2) is 3.48. The summed E-state index contributed by atoms with van der Waals surface area (Å²) in [7, 11) is 0. The minimum Gasteiger partial charge on any atom is -0.384 e. The van der Waals surface area contributed by atoms with Crippen LogP contribution < -0.4 is 16.0 Å². The van der Waals surface area contributed by atoms with E-state index in [1.807, 2.05) is 19.9 Å². The van der Waals surface area contributed by atoms with Crippen LogP contribution in [-0.2, 0) is 10.3 Å². The Morgan fingerprint density at radius 3 is 2.67 bits per heavy atom. The fraction of sp³-hybridized carbons (Fsp3) is 0.385. The third kappa shape index (κ3) is 1.33. The fourth-order valence-corrected chi connectivity index (χ4v) is 2.91. The number of hydrogen-bond donors (Lipinski definition) is 3. The Balaban J connectivity index is 2.23. The molecule has 1 spiro atoms. The number of rotatable bonds is 0. The van der Waals surface area contributed by atoms with Crippen LogP contribution >= 0.6 is 0 Å². The molecule has 2 aliphatic heterocycles. The summed E-state index contributed by atoms with van der Waals surface area (Å²) in [6.07, 6.45) is 0.570. The van der Waals surface area contributed by atoms with E-state index in [1.165, 1.54) is 0 Å². The van der Waals surface area contributed by atoms with Gasteiger partial charge in [0.1, 0.15) is 5.54 Å². The van der Waals surface area contributed by atoms with Crippen LogP contribution in [0.15, 0.2) is 12.1 Å². The average molecular weight is 245 g/mol. The van der Waals surface area contributed by atoms with Crippen LogP contribution in [0, 0.1) is 13.8 Å². The van der Waals surface area contributed by atoms with Crippen molar-refractivity contribution in [2.24, 2.45) is 0 Å². The monoisotopic (exact) mass is 245 g/mol. The van der Waals surface area contributed by atoms with Crippen LogP contribution in [0.5, 0.6) is 0 Å². The highest BCUT2D eigenvalue weighted by atomic mass is 16.2. The first-order chi connectivity index (χ1) is 8.53. The molecule has 2 heterocycles. The van der Waals surface area contributed by atoms with E-state index in [1.54, 1.807) is 0 Å². The predicted octanol–water partition coefficient (Wildman–Crippen LogP) is 1.15. The SMILES string of the molecule is Cc1cc(C)c2c(c1)C1(CCN2)NC(=O)NC1=O. The number of imide groups is 1. The number of benzene rings is 1. The molecule has 2 aliphatic rings. The Hall–Kier alpha value is -2.04. The highest BCUT2D eigenvalue weighted by Crippen LogP contribution is 2.39. The number of hydrogen-bond acceptors (Lipinski definition) is 3. The number of carbonyl (C=O) groups excluding carboxylic acids is 2. The van der Waals surface area contributed by atoms with Gasteiger partial charge in [-0.1, -0.05) is 17.7 Å². The second-order valence-corrected chi connectivity index (χ2v) is 4.99. The molecule has 3 rings (SSSR count). The molecule has 5 heteroatoms. The maximum Gasteiger partial charge on any atom is 0.322 e. The summed E-state index contributed by atoms with van der Waals surface area (Å²) in [6.45, 7) is 4.67. The molecule has 0 aromatic heterocycles. The Morgan fingerprint density at radius 1 is 1.22 bits per heavy atom. The third-order valence-electron chi connectivity index (χ3n) is 3.68. The molecule has 0 bridgehead atoms. The van der Waals surface area contributed by atoms with Gasteiger partial charge in [-0.3, -0.25) is 10.1 Å². The van der Waals surface area contributed by atoms with Gasteiger partial charge in [-0.2, -0.15) is 0 Å². The number of fused-ring (bicyclic) bond motifs is 2. The van der Waals surface area contributed by atoms with Crippen LogP contribution in [0.1, 0.15) is 23.1 Å². The first kappa shape index (κ1) is 11.1. The maximum absolute atomic E-state index is 12.1. The van der Waals surface area contributed by atoms with Crippen LogP contribution in [0.25, 0.3) is 0 Å². The zero-order valence-corrected chi connectivity index (χ0v) is 10.4. The summed E-state index contributed by atoms with van der Waals surface area (Å²) < 4.78 is 0. The minimum absolute atomic E-state index is 0.250. The lowest BCUT2D eigenvalue weighted by atomic mass is 9.81. The first-order valence-corrected chi connectivity index (χ1v) is 6.02. The summed E-state index contributed by atoms with van der Waals surface area (Å²) in [4.78, 5) is 23.6. The van der Waals surface area contributed by atoms with Crippen molar-refractivity contribution in [1.29, 1.82) is 0 Å². The molecule has 3 N–H and O–H groups in total. The minimum atomic E-state index is -0.894. The van der Waals surface area contributed by atoms with Gasteiger partial charge in [0, 0.05) is 24.2 Å². The van der Waals surface area contributed by atoms with Gasteiger partial charge in [0.15, 0.2) is 0 Å². The standard InChI is InChI=1S/C13H15N3O2/c1-7-5-8(2)10-9(6-7)13(3-4-14-10)11(17)15-12(18)16-13/h5-6,14H,3-4H2,1-2H3,(H2,15,16,17,18). The molecule has 5 nitrogen and oxygen atoms in total. The molecule has 0 saturated carbocycles. The Morgan fingerprint density at radius 2 is 2.00 bits per heavy atom. The van der Waals surface area contributed by atoms with Crippen molar-refractivity contribution in [2.75, 3.05) is 11.9 Å². The van der Waals surface area contributed by atoms with Crippen molar-refractivity contribution < 1.29 is 9.59 Å². The van der Waals surface area contributed by atoms with Crippen LogP contribution in [0.4, 0.5) is 10.5 Å². The van der Waals surface area contributed by atoms with Crippen LogP contribution in [-0.4, -0.2) is 18.5 Å². The van der Waals surface area contributed by atoms with E-state index < -0.39 is 11.6 Å². The molecule has 1 atom stereocenters. The Kier molecular flexibility index (Phi) is 2.14. The molecular weight excluding hydrogens is 230 g/mol. The molecule has 1 aromatic carbocycles. The number of carbonyl (C=O) groups is 2. The Labute approximate surface area is 105 Å². The summed E-state index contributed by atoms with van der Waals surface area (Å²) in [5, 5.41) is 8.44. The van der Waals surface area contributed by atoms with Gasteiger partial charge >= 0.3 is 6.03 Å². The largest absolute Gasteiger partial charge is 0.384 e. The molecular formula is C13H15N3O2. The molecule has 0 radical (unpaired) electrons. The van der Waals surface area contributed by atoms with E-state index in [0.29, 0.717) is 13.0 Å². The van der Waals surface area contributed by atoms with Crippen molar-refractivity contribution in [3.63, 3.8) is 0 Å². The number of anilines is 1. The third-order valence-corrected chi connectivity index (χ3v) is 3.68. The van der Waals surface area contributed by atoms with Gasteiger partial charge in [-0.25, -0.2) is 4.79 Å². The average Bonchev–Trinajstić information content (AvgIpc) is 2.56. The topological polar surface area (TPSA) is 70.2 Å². The lowest BCUT2D eigenvalue weighted by Gasteiger charge is -2.34. The van der Waals surface area contributed by atoms with Crippen molar-refractivity contribution >= 4 is 17.6 Å². The lowest BCUT2D eigenvalue weighted by molar-refractivity contribution is -0.124. The van der Waals surface area contributed by atoms with Gasteiger partial charge in [-0.05, 0) is 19.4 Å². The number of amides is 3. The molecule has 1 saturated heterocycles. The first-order valence-electron chi connectivity index (χ1n) is 6.02. The van der Waals surface area contributed by atoms with Gasteiger partial charge < -0.3 is 10.6 Å². The summed E-state index contributed by atoms with van der Waals surface area (Å²) in [6, 6.07) is 3.63. The van der Waals surface area contributed by atoms with Crippen molar-refractivity contribution in [2.45, 2.75) is 25.8 Å². The highest BCUT2D eigenvalue weighted by Gasteiger charge is 2.50. The molecule has 18 heavy (non-hydrogen) atoms. The van der Waals surface area contributed by atoms with Gasteiger partial charge in [-0.15, -0.1) is 0 Å². The van der Waals surface area contributed by atoms with Crippen molar-refractivity contribution in [1.82, 2.24) is 10.6 Å². The van der Waals surface area contributed by atoms with E-state index >= 15 is 0 Å². The van der Waals surface area contributed by atoms with Crippen molar-refractivity contribution in [3.8, 4) is 0 Å². The number of urea groups is 1. The second-order valence-electron chi connectivity index (χ2n) is 4.99. The van der Waals surface area contributed by atoms with Gasteiger partial charge in [0.2, 0.25) is 0 Å². The smallest absolute Gasteiger partial charge is 0.322 e. The van der Waals surface area contributed by atoms with E-state index in [0.717, 1.165) is 22.4 Å². The van der Waals surface area contributed by atoms with E-state index in [9.17, 15) is 9.59 Å². The molecule has 0 aliphatic carbocycles. The molecule has 1 unspecified atom stereocenters. The number of aryl methyl sites for hydroxylation is 2. The summed E-state index contributed by atoms with van der Waals surface area (Å²) in [5.41, 5.74) is 3.12. The van der Waals surface area contributed by atoms with Gasteiger partial charge in [0.25, 0.3) is 5.91 Å². The van der Waals surface area contributed by atoms with Gasteiger partial charge in [0.05, 0.1) is 0 Å². The fourth-order valence-electron chi connectivity index (χ4n) is 2.91. The highest BCUT2D eigenvalue weighted by molar-refractivity contribution is 6.08. The lowest BCUT2D eigenvalue weighted by Crippen LogP contribution is -2.48. The predicted molar refractivity (Wildman–Crippen MR) is 67.4 cm³/mol. The van der Waals surface area contributed by atoms with Crippen molar-refractivity contribution in [3.05, 3.63) is 28.8 Å². The quantitative estimate of drug-likeness (QED) is 0.601. The molecule has 1 fully saturated rings. The Bertz CT molecular complexity index is 568. The normalized spacial score (nSPS) is 25.4. The molecule has 1 aromatic rings. The zero-order valence-electron chi connectivity index (χ0n) is 10.4. The number of nitrogens with one attached hydrogen (secondary N) is 3. The molecule has 3 amide bonds.